The van der Waals surface area contributed by atoms with Gasteiger partial charge in [0.2, 0.25) is 0 Å². The molecule has 0 aromatic heterocycles. The molecule has 1 aliphatic rings. The van der Waals surface area contributed by atoms with Gasteiger partial charge in [0.1, 0.15) is 0 Å². The lowest BCUT2D eigenvalue weighted by Gasteiger charge is -2.20. The van der Waals surface area contributed by atoms with Gasteiger partial charge in [0.25, 0.3) is 0 Å². The van der Waals surface area contributed by atoms with Gasteiger partial charge in [0, 0.05) is 18.1 Å². The summed E-state index contributed by atoms with van der Waals surface area (Å²) in [6.45, 7) is 1.12. The van der Waals surface area contributed by atoms with Crippen LogP contribution in [0.2, 0.25) is 0 Å². The van der Waals surface area contributed by atoms with E-state index in [0.717, 1.165) is 16.9 Å². The molecular formula is C12H13BrN2. The molecule has 0 N–H and O–H groups in total. The van der Waals surface area contributed by atoms with E-state index in [4.69, 9.17) is 5.26 Å². The number of benzene rings is 1. The zero-order valence-corrected chi connectivity index (χ0v) is 10.3. The molecule has 0 bridgehead atoms. The van der Waals surface area contributed by atoms with Gasteiger partial charge in [-0.3, -0.25) is 0 Å². The number of nitriles is 1. The lowest BCUT2D eigenvalue weighted by molar-refractivity contribution is 0.786. The lowest BCUT2D eigenvalue weighted by atomic mass is 10.2. The van der Waals surface area contributed by atoms with Crippen LogP contribution in [-0.2, 0) is 0 Å². The number of hydrogen-bond donors (Lipinski definition) is 0. The van der Waals surface area contributed by atoms with E-state index in [1.54, 1.807) is 0 Å². The predicted octanol–water partition coefficient (Wildman–Crippen LogP) is 3.17. The van der Waals surface area contributed by atoms with Crippen LogP contribution in [0.1, 0.15) is 18.4 Å². The molecule has 0 aliphatic heterocycles. The van der Waals surface area contributed by atoms with Crippen molar-refractivity contribution in [2.75, 3.05) is 18.5 Å². The Labute approximate surface area is 98.6 Å². The van der Waals surface area contributed by atoms with Crippen LogP contribution in [0.4, 0.5) is 5.69 Å². The summed E-state index contributed by atoms with van der Waals surface area (Å²) in [4.78, 5) is 2.25. The normalized spacial score (nSPS) is 14.7. The molecule has 3 heteroatoms. The summed E-state index contributed by atoms with van der Waals surface area (Å²) in [6, 6.07) is 7.88. The van der Waals surface area contributed by atoms with Crippen molar-refractivity contribution in [3.05, 3.63) is 28.2 Å². The van der Waals surface area contributed by atoms with Crippen LogP contribution in [0.5, 0.6) is 0 Å². The highest BCUT2D eigenvalue weighted by Crippen LogP contribution is 2.33. The summed E-state index contributed by atoms with van der Waals surface area (Å²) in [5, 5.41) is 8.76. The van der Waals surface area contributed by atoms with E-state index in [2.05, 4.69) is 33.9 Å². The fourth-order valence-electron chi connectivity index (χ4n) is 1.67. The second-order valence-electron chi connectivity index (χ2n) is 4.10. The maximum absolute atomic E-state index is 8.76. The Morgan fingerprint density at radius 2 is 2.27 bits per heavy atom. The molecule has 15 heavy (non-hydrogen) atoms. The number of hydrogen-bond acceptors (Lipinski definition) is 2. The third kappa shape index (κ3) is 2.51. The van der Waals surface area contributed by atoms with Crippen LogP contribution in [-0.4, -0.2) is 13.6 Å². The van der Waals surface area contributed by atoms with E-state index in [0.29, 0.717) is 5.56 Å². The molecule has 1 saturated carbocycles. The fraction of sp³-hybridized carbons (Fsp3) is 0.417. The van der Waals surface area contributed by atoms with Gasteiger partial charge >= 0.3 is 0 Å². The second-order valence-corrected chi connectivity index (χ2v) is 4.96. The van der Waals surface area contributed by atoms with Gasteiger partial charge in [-0.1, -0.05) is 0 Å². The van der Waals surface area contributed by atoms with Gasteiger partial charge < -0.3 is 4.90 Å². The van der Waals surface area contributed by atoms with Crippen molar-refractivity contribution in [1.29, 1.82) is 5.26 Å². The zero-order valence-electron chi connectivity index (χ0n) is 8.70. The van der Waals surface area contributed by atoms with Gasteiger partial charge in [-0.05, 0) is 52.9 Å². The topological polar surface area (TPSA) is 27.0 Å². The Hall–Kier alpha value is -1.01. The number of rotatable bonds is 3. The van der Waals surface area contributed by atoms with E-state index in [1.807, 2.05) is 18.2 Å². The first-order valence-electron chi connectivity index (χ1n) is 5.11. The van der Waals surface area contributed by atoms with Crippen molar-refractivity contribution in [1.82, 2.24) is 0 Å². The van der Waals surface area contributed by atoms with Crippen LogP contribution in [0, 0.1) is 17.2 Å². The minimum atomic E-state index is 0.699. The van der Waals surface area contributed by atoms with Crippen molar-refractivity contribution in [3.63, 3.8) is 0 Å². The molecule has 0 saturated heterocycles. The molecule has 2 rings (SSSR count). The van der Waals surface area contributed by atoms with Crippen molar-refractivity contribution in [2.45, 2.75) is 12.8 Å². The highest BCUT2D eigenvalue weighted by molar-refractivity contribution is 9.10. The quantitative estimate of drug-likeness (QED) is 0.839. The molecule has 1 aliphatic carbocycles. The van der Waals surface area contributed by atoms with Gasteiger partial charge in [0.15, 0.2) is 0 Å². The minimum Gasteiger partial charge on any atom is -0.373 e. The third-order valence-corrected chi connectivity index (χ3v) is 3.35. The largest absolute Gasteiger partial charge is 0.373 e. The lowest BCUT2D eigenvalue weighted by Crippen LogP contribution is -2.20. The maximum Gasteiger partial charge on any atom is 0.0992 e. The van der Waals surface area contributed by atoms with E-state index >= 15 is 0 Å². The zero-order chi connectivity index (χ0) is 10.8. The third-order valence-electron chi connectivity index (χ3n) is 2.72. The molecule has 78 valence electrons. The summed E-state index contributed by atoms with van der Waals surface area (Å²) >= 11 is 3.51. The molecule has 0 amide bonds. The van der Waals surface area contributed by atoms with Crippen molar-refractivity contribution >= 4 is 21.6 Å². The molecule has 0 radical (unpaired) electrons. The highest BCUT2D eigenvalue weighted by atomic mass is 79.9. The Morgan fingerprint density at radius 1 is 1.53 bits per heavy atom. The van der Waals surface area contributed by atoms with Crippen molar-refractivity contribution in [2.24, 2.45) is 5.92 Å². The van der Waals surface area contributed by atoms with E-state index in [1.165, 1.54) is 18.5 Å². The summed E-state index contributed by atoms with van der Waals surface area (Å²) < 4.78 is 1.00. The molecule has 0 unspecified atom stereocenters. The van der Waals surface area contributed by atoms with E-state index in [-0.39, 0.29) is 0 Å². The van der Waals surface area contributed by atoms with E-state index in [9.17, 15) is 0 Å². The Balaban J connectivity index is 2.16. The molecule has 1 aromatic carbocycles. The molecule has 1 aromatic rings. The van der Waals surface area contributed by atoms with Crippen molar-refractivity contribution < 1.29 is 0 Å². The van der Waals surface area contributed by atoms with Gasteiger partial charge in [-0.15, -0.1) is 0 Å². The SMILES string of the molecule is CN(CC1CC1)c1ccc(C#N)cc1Br. The van der Waals surface area contributed by atoms with Crippen LogP contribution in [0.3, 0.4) is 0 Å². The monoisotopic (exact) mass is 264 g/mol. The fourth-order valence-corrected chi connectivity index (χ4v) is 2.35. The van der Waals surface area contributed by atoms with Crippen LogP contribution >= 0.6 is 15.9 Å². The Morgan fingerprint density at radius 3 is 2.80 bits per heavy atom. The smallest absolute Gasteiger partial charge is 0.0992 e. The Kier molecular flexibility index (Phi) is 2.97. The predicted molar refractivity (Wildman–Crippen MR) is 64.9 cm³/mol. The van der Waals surface area contributed by atoms with Crippen LogP contribution in [0.15, 0.2) is 22.7 Å². The molecular weight excluding hydrogens is 252 g/mol. The van der Waals surface area contributed by atoms with Crippen molar-refractivity contribution in [3.8, 4) is 6.07 Å². The van der Waals surface area contributed by atoms with Gasteiger partial charge in [-0.25, -0.2) is 0 Å². The summed E-state index contributed by atoms with van der Waals surface area (Å²) in [5.74, 6) is 0.873. The molecule has 0 atom stereocenters. The first kappa shape index (κ1) is 10.5. The average molecular weight is 265 g/mol. The number of anilines is 1. The standard InChI is InChI=1S/C12H13BrN2/c1-15(8-9-2-3-9)12-5-4-10(7-14)6-11(12)13/h4-6,9H,2-3,8H2,1H3. The van der Waals surface area contributed by atoms with E-state index < -0.39 is 0 Å². The maximum atomic E-state index is 8.76. The second kappa shape index (κ2) is 4.24. The first-order chi connectivity index (χ1) is 7.20. The first-order valence-corrected chi connectivity index (χ1v) is 5.91. The minimum absolute atomic E-state index is 0.699. The van der Waals surface area contributed by atoms with Gasteiger partial charge in [-0.2, -0.15) is 5.26 Å². The molecule has 2 nitrogen and oxygen atoms in total. The van der Waals surface area contributed by atoms with Crippen LogP contribution < -0.4 is 4.90 Å². The average Bonchev–Trinajstić information content (AvgIpc) is 3.01. The molecule has 0 spiro atoms. The van der Waals surface area contributed by atoms with Crippen LogP contribution in [0.25, 0.3) is 0 Å². The molecule has 1 fully saturated rings. The molecule has 0 heterocycles. The summed E-state index contributed by atoms with van der Waals surface area (Å²) in [5.41, 5.74) is 1.87. The van der Waals surface area contributed by atoms with Gasteiger partial charge in [0.05, 0.1) is 17.3 Å². The Bertz CT molecular complexity index is 405. The summed E-state index contributed by atoms with van der Waals surface area (Å²) in [6.07, 6.45) is 2.72. The summed E-state index contributed by atoms with van der Waals surface area (Å²) in [7, 11) is 2.10. The number of halogens is 1. The number of nitrogens with zero attached hydrogens (tertiary/aromatic N) is 2. The highest BCUT2D eigenvalue weighted by Gasteiger charge is 2.23.